The van der Waals surface area contributed by atoms with Gasteiger partial charge in [0.1, 0.15) is 11.5 Å². The number of H-pyrrole nitrogens is 1. The first-order valence-electron chi connectivity index (χ1n) is 8.69. The summed E-state index contributed by atoms with van der Waals surface area (Å²) in [7, 11) is 1.81. The topological polar surface area (TPSA) is 90.1 Å². The quantitative estimate of drug-likeness (QED) is 0.692. The molecule has 1 aliphatic heterocycles. The fourth-order valence-electron chi connectivity index (χ4n) is 2.80. The van der Waals surface area contributed by atoms with Crippen molar-refractivity contribution in [2.24, 2.45) is 0 Å². The molecule has 7 heteroatoms. The fourth-order valence-corrected chi connectivity index (χ4v) is 2.80. The number of rotatable bonds is 6. The molecule has 1 saturated heterocycles. The number of carbonyl (C=O) groups is 1. The van der Waals surface area contributed by atoms with E-state index in [-0.39, 0.29) is 17.5 Å². The summed E-state index contributed by atoms with van der Waals surface area (Å²) in [5, 5.41) is 6.24. The molecule has 3 heterocycles. The molecule has 2 aromatic heterocycles. The summed E-state index contributed by atoms with van der Waals surface area (Å²) in [5.74, 6) is 0.778. The second-order valence-electron chi connectivity index (χ2n) is 6.21. The van der Waals surface area contributed by atoms with E-state index in [0.717, 1.165) is 23.4 Å². The van der Waals surface area contributed by atoms with Crippen LogP contribution in [0.1, 0.15) is 13.3 Å². The van der Waals surface area contributed by atoms with Gasteiger partial charge in [0.25, 0.3) is 5.56 Å². The second kappa shape index (κ2) is 7.86. The highest BCUT2D eigenvalue weighted by molar-refractivity contribution is 5.88. The van der Waals surface area contributed by atoms with Crippen LogP contribution in [-0.2, 0) is 4.79 Å². The van der Waals surface area contributed by atoms with Gasteiger partial charge in [-0.1, -0.05) is 13.0 Å². The zero-order chi connectivity index (χ0) is 18.5. The summed E-state index contributed by atoms with van der Waals surface area (Å²) in [6, 6.07) is 5.72. The minimum atomic E-state index is -0.174. The van der Waals surface area contributed by atoms with Gasteiger partial charge in [-0.15, -0.1) is 0 Å². The lowest BCUT2D eigenvalue weighted by Crippen LogP contribution is -2.57. The Morgan fingerprint density at radius 2 is 2.19 bits per heavy atom. The first-order valence-corrected chi connectivity index (χ1v) is 8.69. The van der Waals surface area contributed by atoms with Crippen molar-refractivity contribution in [1.29, 1.82) is 0 Å². The molecule has 0 radical (unpaired) electrons. The van der Waals surface area contributed by atoms with Crippen LogP contribution in [-0.4, -0.2) is 47.0 Å². The Morgan fingerprint density at radius 1 is 1.38 bits per heavy atom. The Morgan fingerprint density at radius 3 is 2.92 bits per heavy atom. The fraction of sp³-hybridized carbons (Fsp3) is 0.316. The van der Waals surface area contributed by atoms with Crippen LogP contribution in [0.2, 0.25) is 0 Å². The van der Waals surface area contributed by atoms with E-state index in [4.69, 9.17) is 0 Å². The number of nitrogens with one attached hydrogen (secondary N) is 3. The van der Waals surface area contributed by atoms with Gasteiger partial charge in [-0.2, -0.15) is 0 Å². The molecule has 0 aliphatic carbocycles. The van der Waals surface area contributed by atoms with Crippen LogP contribution in [0.25, 0.3) is 11.1 Å². The van der Waals surface area contributed by atoms with E-state index >= 15 is 0 Å². The summed E-state index contributed by atoms with van der Waals surface area (Å²) < 4.78 is 0. The predicted octanol–water partition coefficient (Wildman–Crippen LogP) is 2.07. The van der Waals surface area contributed by atoms with Gasteiger partial charge in [0.15, 0.2) is 0 Å². The van der Waals surface area contributed by atoms with Crippen LogP contribution in [0.3, 0.4) is 0 Å². The number of nitrogens with zero attached hydrogens (tertiary/aromatic N) is 2. The minimum Gasteiger partial charge on any atom is -0.374 e. The third kappa shape index (κ3) is 3.93. The van der Waals surface area contributed by atoms with E-state index in [2.05, 4.69) is 20.6 Å². The molecule has 0 unspecified atom stereocenters. The van der Waals surface area contributed by atoms with Gasteiger partial charge in [-0.3, -0.25) is 9.59 Å². The van der Waals surface area contributed by atoms with E-state index in [1.54, 1.807) is 23.4 Å². The molecule has 0 saturated carbocycles. The Kier molecular flexibility index (Phi) is 5.36. The predicted molar refractivity (Wildman–Crippen MR) is 103 cm³/mol. The monoisotopic (exact) mass is 353 g/mol. The lowest BCUT2D eigenvalue weighted by atomic mass is 10.1. The summed E-state index contributed by atoms with van der Waals surface area (Å²) >= 11 is 0. The number of allylic oxidation sites excluding steroid dienone is 1. The molecule has 3 rings (SSSR count). The smallest absolute Gasteiger partial charge is 0.271 e. The van der Waals surface area contributed by atoms with E-state index < -0.39 is 0 Å². The van der Waals surface area contributed by atoms with E-state index in [1.165, 1.54) is 0 Å². The number of amides is 1. The average Bonchev–Trinajstić information content (AvgIpc) is 2.63. The van der Waals surface area contributed by atoms with Crippen LogP contribution >= 0.6 is 0 Å². The highest BCUT2D eigenvalue weighted by Gasteiger charge is 2.29. The highest BCUT2D eigenvalue weighted by Crippen LogP contribution is 2.22. The van der Waals surface area contributed by atoms with Gasteiger partial charge in [0.2, 0.25) is 5.91 Å². The standard InChI is InChI=1S/C19H23N5O2/c1-3-4-5-18(25)24-11-15(12-24)23-16-8-14(10-22-19(16)26)13-6-7-21-17(9-13)20-2/h4-10,15,23H,3,11-12H2,1-2H3,(H,20,21)(H,22,26). The van der Waals surface area contributed by atoms with Gasteiger partial charge in [-0.25, -0.2) is 4.98 Å². The molecule has 1 aliphatic rings. The molecule has 3 N–H and O–H groups in total. The summed E-state index contributed by atoms with van der Waals surface area (Å²) in [4.78, 5) is 32.7. The van der Waals surface area contributed by atoms with Gasteiger partial charge in [0.05, 0.1) is 6.04 Å². The van der Waals surface area contributed by atoms with Crippen molar-refractivity contribution in [1.82, 2.24) is 14.9 Å². The number of aromatic amines is 1. The normalized spacial score (nSPS) is 14.3. The van der Waals surface area contributed by atoms with E-state index in [0.29, 0.717) is 18.8 Å². The number of pyridine rings is 2. The lowest BCUT2D eigenvalue weighted by molar-refractivity contribution is -0.129. The Labute approximate surface area is 152 Å². The van der Waals surface area contributed by atoms with Crippen LogP contribution in [0, 0.1) is 0 Å². The highest BCUT2D eigenvalue weighted by atomic mass is 16.2. The second-order valence-corrected chi connectivity index (χ2v) is 6.21. The Bertz CT molecular complexity index is 868. The van der Waals surface area contributed by atoms with Crippen LogP contribution in [0.5, 0.6) is 0 Å². The first kappa shape index (κ1) is 17.7. The Hall–Kier alpha value is -3.09. The molecule has 2 aromatic rings. The number of anilines is 2. The molecule has 136 valence electrons. The molecule has 0 aromatic carbocycles. The van der Waals surface area contributed by atoms with Crippen molar-refractivity contribution in [2.45, 2.75) is 19.4 Å². The summed E-state index contributed by atoms with van der Waals surface area (Å²) in [6.45, 7) is 3.18. The first-order chi connectivity index (χ1) is 12.6. The number of hydrogen-bond donors (Lipinski definition) is 3. The van der Waals surface area contributed by atoms with Gasteiger partial charge in [0, 0.05) is 38.1 Å². The van der Waals surface area contributed by atoms with E-state index in [1.807, 2.05) is 38.2 Å². The van der Waals surface area contributed by atoms with Crippen LogP contribution in [0.15, 0.2) is 47.5 Å². The van der Waals surface area contributed by atoms with Gasteiger partial charge >= 0.3 is 0 Å². The minimum absolute atomic E-state index is 0.0175. The number of carbonyl (C=O) groups excluding carboxylic acids is 1. The van der Waals surface area contributed by atoms with Gasteiger partial charge in [-0.05, 0) is 36.3 Å². The molecule has 1 fully saturated rings. The maximum atomic E-state index is 12.1. The average molecular weight is 353 g/mol. The Balaban J connectivity index is 1.69. The SMILES string of the molecule is CCC=CC(=O)N1CC(Nc2cc(-c3ccnc(NC)c3)c[nH]c2=O)C1. The molecule has 1 amide bonds. The third-order valence-corrected chi connectivity index (χ3v) is 4.30. The zero-order valence-corrected chi connectivity index (χ0v) is 15.0. The van der Waals surface area contributed by atoms with Crippen LogP contribution in [0.4, 0.5) is 11.5 Å². The largest absolute Gasteiger partial charge is 0.374 e. The summed E-state index contributed by atoms with van der Waals surface area (Å²) in [6.07, 6.45) is 7.71. The molecule has 26 heavy (non-hydrogen) atoms. The maximum absolute atomic E-state index is 12.1. The molecule has 7 nitrogen and oxygen atoms in total. The molecular weight excluding hydrogens is 330 g/mol. The van der Waals surface area contributed by atoms with Crippen molar-refractivity contribution >= 4 is 17.4 Å². The zero-order valence-electron chi connectivity index (χ0n) is 15.0. The van der Waals surface area contributed by atoms with E-state index in [9.17, 15) is 9.59 Å². The van der Waals surface area contributed by atoms with Crippen molar-refractivity contribution in [3.63, 3.8) is 0 Å². The van der Waals surface area contributed by atoms with Gasteiger partial charge < -0.3 is 20.5 Å². The molecule has 0 atom stereocenters. The molecule has 0 spiro atoms. The maximum Gasteiger partial charge on any atom is 0.271 e. The lowest BCUT2D eigenvalue weighted by Gasteiger charge is -2.39. The number of aromatic nitrogens is 2. The third-order valence-electron chi connectivity index (χ3n) is 4.30. The van der Waals surface area contributed by atoms with Crippen molar-refractivity contribution in [2.75, 3.05) is 30.8 Å². The van der Waals surface area contributed by atoms with Crippen molar-refractivity contribution < 1.29 is 4.79 Å². The summed E-state index contributed by atoms with van der Waals surface area (Å²) in [5.41, 5.74) is 2.18. The van der Waals surface area contributed by atoms with Crippen molar-refractivity contribution in [3.05, 3.63) is 53.1 Å². The van der Waals surface area contributed by atoms with Crippen molar-refractivity contribution in [3.8, 4) is 11.1 Å². The molecule has 0 bridgehead atoms. The van der Waals surface area contributed by atoms with Crippen LogP contribution < -0.4 is 16.2 Å². The molecular formula is C19H23N5O2. The number of hydrogen-bond acceptors (Lipinski definition) is 5. The number of likely N-dealkylation sites (tertiary alicyclic amines) is 1.